The molecular weight excluding hydrogens is 570 g/mol. The number of carbonyl (C=O) groups is 2. The lowest BCUT2D eigenvalue weighted by Gasteiger charge is -2.45. The van der Waals surface area contributed by atoms with Crippen LogP contribution in [0.3, 0.4) is 0 Å². The van der Waals surface area contributed by atoms with Gasteiger partial charge in [-0.3, -0.25) is 24.2 Å². The van der Waals surface area contributed by atoms with Crippen molar-refractivity contribution in [1.29, 1.82) is 0 Å². The highest BCUT2D eigenvalue weighted by Gasteiger charge is 2.45. The van der Waals surface area contributed by atoms with Gasteiger partial charge in [0.15, 0.2) is 5.82 Å². The van der Waals surface area contributed by atoms with Gasteiger partial charge in [0.1, 0.15) is 0 Å². The summed E-state index contributed by atoms with van der Waals surface area (Å²) < 4.78 is 12.6. The zero-order valence-electron chi connectivity index (χ0n) is 27.1. The number of anilines is 1. The van der Waals surface area contributed by atoms with E-state index >= 15 is 0 Å². The number of para-hydroxylation sites is 2. The molecule has 45 heavy (non-hydrogen) atoms. The van der Waals surface area contributed by atoms with Gasteiger partial charge in [0.2, 0.25) is 0 Å². The molecule has 0 amide bonds. The number of piperidine rings is 1. The third kappa shape index (κ3) is 6.92. The number of hydrogen-bond acceptors (Lipinski definition) is 9. The lowest BCUT2D eigenvalue weighted by molar-refractivity contribution is -0.157. The first kappa shape index (κ1) is 32.0. The van der Waals surface area contributed by atoms with Crippen molar-refractivity contribution in [3.8, 4) is 0 Å². The Bertz CT molecular complexity index is 1350. The highest BCUT2D eigenvalue weighted by atomic mass is 16.5. The summed E-state index contributed by atoms with van der Waals surface area (Å²) >= 11 is 0. The normalized spacial score (nSPS) is 28.1. The summed E-state index contributed by atoms with van der Waals surface area (Å²) in [5, 5.41) is 3.33. The zero-order chi connectivity index (χ0) is 31.3. The van der Waals surface area contributed by atoms with Crippen LogP contribution in [0.15, 0.2) is 29.1 Å². The average molecular weight is 622 g/mol. The van der Waals surface area contributed by atoms with Gasteiger partial charge in [-0.1, -0.05) is 44.2 Å². The third-order valence-corrected chi connectivity index (χ3v) is 10.7. The Morgan fingerprint density at radius 3 is 2.04 bits per heavy atom. The van der Waals surface area contributed by atoms with E-state index < -0.39 is 11.8 Å². The largest absolute Gasteiger partial charge is 0.466 e. The third-order valence-electron chi connectivity index (χ3n) is 10.7. The highest BCUT2D eigenvalue weighted by Crippen LogP contribution is 2.44. The van der Waals surface area contributed by atoms with Crippen LogP contribution in [-0.4, -0.2) is 88.8 Å². The number of nitrogens with zero attached hydrogens (tertiary/aromatic N) is 4. The number of rotatable bonds is 10. The number of benzene rings is 1. The monoisotopic (exact) mass is 621 g/mol. The maximum atomic E-state index is 14.1. The molecule has 5 atom stereocenters. The van der Waals surface area contributed by atoms with Crippen molar-refractivity contribution in [2.24, 2.45) is 11.8 Å². The molecular formula is C35H51N5O5. The first-order valence-electron chi connectivity index (χ1n) is 17.6. The zero-order valence-corrected chi connectivity index (χ0v) is 27.1. The molecule has 3 aliphatic heterocycles. The van der Waals surface area contributed by atoms with Crippen molar-refractivity contribution in [2.45, 2.75) is 109 Å². The van der Waals surface area contributed by atoms with Crippen LogP contribution >= 0.6 is 0 Å². The minimum Gasteiger partial charge on any atom is -0.466 e. The summed E-state index contributed by atoms with van der Waals surface area (Å²) in [6.45, 7) is 5.94. The Morgan fingerprint density at radius 2 is 1.42 bits per heavy atom. The molecule has 2 bridgehead atoms. The van der Waals surface area contributed by atoms with Crippen LogP contribution in [0.4, 0.5) is 5.82 Å². The molecule has 246 valence electrons. The Balaban J connectivity index is 1.16. The van der Waals surface area contributed by atoms with Crippen LogP contribution in [0.2, 0.25) is 0 Å². The van der Waals surface area contributed by atoms with Crippen molar-refractivity contribution >= 4 is 28.8 Å². The van der Waals surface area contributed by atoms with Gasteiger partial charge >= 0.3 is 11.9 Å². The minimum atomic E-state index is -0.552. The topological polar surface area (TPSA) is 106 Å². The van der Waals surface area contributed by atoms with Crippen LogP contribution in [0.1, 0.15) is 90.5 Å². The Labute approximate surface area is 266 Å². The summed E-state index contributed by atoms with van der Waals surface area (Å²) in [5.74, 6) is -1.46. The van der Waals surface area contributed by atoms with Crippen LogP contribution in [0, 0.1) is 11.8 Å². The summed E-state index contributed by atoms with van der Waals surface area (Å²) in [4.78, 5) is 49.1. The van der Waals surface area contributed by atoms with Crippen molar-refractivity contribution in [2.75, 3.05) is 44.7 Å². The molecule has 1 N–H and O–H groups in total. The molecule has 4 heterocycles. The number of esters is 2. The van der Waals surface area contributed by atoms with Crippen molar-refractivity contribution in [3.63, 3.8) is 0 Å². The second-order valence-corrected chi connectivity index (χ2v) is 13.5. The fourth-order valence-corrected chi connectivity index (χ4v) is 8.73. The van der Waals surface area contributed by atoms with E-state index in [2.05, 4.69) is 15.1 Å². The van der Waals surface area contributed by atoms with Gasteiger partial charge < -0.3 is 19.4 Å². The van der Waals surface area contributed by atoms with Gasteiger partial charge in [-0.2, -0.15) is 0 Å². The SMILES string of the molecule is CCOC(=O)[C@H]1CN(CCNc2nc3ccccc3n(C3C[C@H]4CC[C@@H](C3)N4C3CCCCCCC3)c2=O)C[C@H]1C(=O)OCC. The van der Waals surface area contributed by atoms with Gasteiger partial charge in [-0.25, -0.2) is 4.98 Å². The molecule has 1 aromatic carbocycles. The van der Waals surface area contributed by atoms with Crippen molar-refractivity contribution in [1.82, 2.24) is 19.4 Å². The van der Waals surface area contributed by atoms with Crippen molar-refractivity contribution in [3.05, 3.63) is 34.6 Å². The molecule has 1 unspecified atom stereocenters. The van der Waals surface area contributed by atoms with E-state index in [4.69, 9.17) is 14.5 Å². The molecule has 6 rings (SSSR count). The highest BCUT2D eigenvalue weighted by molar-refractivity contribution is 5.83. The molecule has 1 aromatic heterocycles. The summed E-state index contributed by atoms with van der Waals surface area (Å²) in [6, 6.07) is 9.94. The van der Waals surface area contributed by atoms with E-state index in [1.54, 1.807) is 13.8 Å². The van der Waals surface area contributed by atoms with E-state index in [9.17, 15) is 14.4 Å². The summed E-state index contributed by atoms with van der Waals surface area (Å²) in [5.41, 5.74) is 1.67. The average Bonchev–Trinajstić information content (AvgIpc) is 3.55. The van der Waals surface area contributed by atoms with Gasteiger partial charge in [-0.15, -0.1) is 0 Å². The first-order chi connectivity index (χ1) is 22.0. The molecule has 1 saturated carbocycles. The van der Waals surface area contributed by atoms with Gasteiger partial charge in [-0.05, 0) is 64.5 Å². The maximum Gasteiger partial charge on any atom is 0.311 e. The summed E-state index contributed by atoms with van der Waals surface area (Å²) in [6.07, 6.45) is 13.9. The molecule has 10 nitrogen and oxygen atoms in total. The number of ether oxygens (including phenoxy) is 2. The molecule has 0 spiro atoms. The predicted octanol–water partition coefficient (Wildman–Crippen LogP) is 4.76. The Morgan fingerprint density at radius 1 is 0.822 bits per heavy atom. The Kier molecular flexibility index (Phi) is 10.4. The van der Waals surface area contributed by atoms with E-state index in [1.807, 2.05) is 28.8 Å². The van der Waals surface area contributed by atoms with Gasteiger partial charge in [0.25, 0.3) is 5.56 Å². The molecule has 2 aromatic rings. The first-order valence-corrected chi connectivity index (χ1v) is 17.6. The van der Waals surface area contributed by atoms with E-state index in [-0.39, 0.29) is 36.8 Å². The lowest BCUT2D eigenvalue weighted by Crippen LogP contribution is -2.50. The van der Waals surface area contributed by atoms with Crippen LogP contribution in [0.5, 0.6) is 0 Å². The molecule has 4 aliphatic rings. The standard InChI is InChI=1S/C35H51N5O5/c1-3-44-34(42)28-22-38(23-29(28)35(43)45-4-2)19-18-36-32-33(41)40(31-15-11-10-14-30(31)37-32)27-20-25-16-17-26(21-27)39(25)24-12-8-6-5-7-9-13-24/h10-11,14-15,24-29H,3-9,12-13,16-23H2,1-2H3,(H,36,37)/t25-,26+,27?,28-,29+. The van der Waals surface area contributed by atoms with E-state index in [0.29, 0.717) is 50.1 Å². The van der Waals surface area contributed by atoms with E-state index in [1.165, 1.54) is 57.8 Å². The number of carbonyl (C=O) groups excluding carboxylic acids is 2. The summed E-state index contributed by atoms with van der Waals surface area (Å²) in [7, 11) is 0. The lowest BCUT2D eigenvalue weighted by atomic mass is 9.89. The number of likely N-dealkylation sites (tertiary alicyclic amines) is 1. The van der Waals surface area contributed by atoms with Crippen LogP contribution in [0.25, 0.3) is 11.0 Å². The van der Waals surface area contributed by atoms with Crippen LogP contribution < -0.4 is 10.9 Å². The minimum absolute atomic E-state index is 0.0623. The molecule has 0 radical (unpaired) electrons. The second kappa shape index (κ2) is 14.6. The number of aromatic nitrogens is 2. The fourth-order valence-electron chi connectivity index (χ4n) is 8.73. The molecule has 3 saturated heterocycles. The fraction of sp³-hybridized carbons (Fsp3) is 0.714. The maximum absolute atomic E-state index is 14.1. The van der Waals surface area contributed by atoms with Crippen molar-refractivity contribution < 1.29 is 19.1 Å². The number of nitrogens with one attached hydrogen (secondary N) is 1. The molecule has 1 aliphatic carbocycles. The smallest absolute Gasteiger partial charge is 0.311 e. The number of hydrogen-bond donors (Lipinski definition) is 1. The quantitative estimate of drug-likeness (QED) is 0.376. The predicted molar refractivity (Wildman–Crippen MR) is 174 cm³/mol. The molecule has 10 heteroatoms. The molecule has 4 fully saturated rings. The van der Waals surface area contributed by atoms with Crippen LogP contribution in [-0.2, 0) is 19.1 Å². The second-order valence-electron chi connectivity index (χ2n) is 13.5. The van der Waals surface area contributed by atoms with Gasteiger partial charge in [0, 0.05) is 50.3 Å². The number of fused-ring (bicyclic) bond motifs is 3. The van der Waals surface area contributed by atoms with Gasteiger partial charge in [0.05, 0.1) is 36.1 Å². The Hall–Kier alpha value is -2.98. The van der Waals surface area contributed by atoms with E-state index in [0.717, 1.165) is 23.9 Å².